The number of nitrogens with zero attached hydrogens (tertiary/aromatic N) is 1. The van der Waals surface area contributed by atoms with E-state index in [-0.39, 0.29) is 18.4 Å². The molecule has 7 heteroatoms. The highest BCUT2D eigenvalue weighted by Gasteiger charge is 2.22. The van der Waals surface area contributed by atoms with Gasteiger partial charge < -0.3 is 10.6 Å². The summed E-state index contributed by atoms with van der Waals surface area (Å²) in [5.74, 6) is 0.00276. The SMILES string of the molecule is O=C(CNC(=O)c1cccc(Br)c1)NCC1CCN(Cc2ccc(Cl)cc2)C1. The Morgan fingerprint density at radius 3 is 2.68 bits per heavy atom. The maximum absolute atomic E-state index is 12.1. The van der Waals surface area contributed by atoms with Crippen LogP contribution in [0.4, 0.5) is 0 Å². The summed E-state index contributed by atoms with van der Waals surface area (Å²) in [7, 11) is 0. The molecule has 3 rings (SSSR count). The zero-order valence-corrected chi connectivity index (χ0v) is 17.8. The van der Waals surface area contributed by atoms with E-state index in [9.17, 15) is 9.59 Å². The molecule has 1 atom stereocenters. The first-order valence-corrected chi connectivity index (χ1v) is 10.4. The lowest BCUT2D eigenvalue weighted by atomic mass is 10.1. The van der Waals surface area contributed by atoms with E-state index >= 15 is 0 Å². The van der Waals surface area contributed by atoms with E-state index in [0.29, 0.717) is 18.0 Å². The number of benzene rings is 2. The lowest BCUT2D eigenvalue weighted by molar-refractivity contribution is -0.120. The number of rotatable bonds is 7. The van der Waals surface area contributed by atoms with Crippen LogP contribution < -0.4 is 10.6 Å². The summed E-state index contributed by atoms with van der Waals surface area (Å²) in [5, 5.41) is 6.33. The number of carbonyl (C=O) groups is 2. The summed E-state index contributed by atoms with van der Waals surface area (Å²) in [4.78, 5) is 26.5. The summed E-state index contributed by atoms with van der Waals surface area (Å²) < 4.78 is 0.828. The fourth-order valence-corrected chi connectivity index (χ4v) is 3.81. The molecule has 2 aromatic carbocycles. The summed E-state index contributed by atoms with van der Waals surface area (Å²) in [6, 6.07) is 15.0. The minimum Gasteiger partial charge on any atom is -0.354 e. The normalized spacial score (nSPS) is 16.7. The molecule has 2 amide bonds. The highest BCUT2D eigenvalue weighted by atomic mass is 79.9. The molecule has 28 heavy (non-hydrogen) atoms. The zero-order valence-electron chi connectivity index (χ0n) is 15.5. The van der Waals surface area contributed by atoms with Crippen molar-refractivity contribution >= 4 is 39.3 Å². The number of likely N-dealkylation sites (tertiary alicyclic amines) is 1. The molecule has 0 aliphatic carbocycles. The summed E-state index contributed by atoms with van der Waals surface area (Å²) in [5.41, 5.74) is 1.76. The van der Waals surface area contributed by atoms with Crippen molar-refractivity contribution in [1.29, 1.82) is 0 Å². The minimum atomic E-state index is -0.258. The van der Waals surface area contributed by atoms with Crippen molar-refractivity contribution in [2.75, 3.05) is 26.2 Å². The second-order valence-corrected chi connectivity index (χ2v) is 8.37. The van der Waals surface area contributed by atoms with Crippen LogP contribution in [0, 0.1) is 5.92 Å². The van der Waals surface area contributed by atoms with Gasteiger partial charge in [-0.25, -0.2) is 0 Å². The van der Waals surface area contributed by atoms with Crippen LogP contribution in [0.3, 0.4) is 0 Å². The quantitative estimate of drug-likeness (QED) is 0.659. The van der Waals surface area contributed by atoms with Gasteiger partial charge in [-0.1, -0.05) is 45.7 Å². The third-order valence-corrected chi connectivity index (χ3v) is 5.52. The molecule has 2 aromatic rings. The van der Waals surface area contributed by atoms with E-state index in [1.165, 1.54) is 5.56 Å². The Bertz CT molecular complexity index is 829. The van der Waals surface area contributed by atoms with Gasteiger partial charge in [-0.2, -0.15) is 0 Å². The van der Waals surface area contributed by atoms with Gasteiger partial charge in [0.2, 0.25) is 5.91 Å². The smallest absolute Gasteiger partial charge is 0.251 e. The Hall–Kier alpha value is -1.89. The van der Waals surface area contributed by atoms with Crippen LogP contribution in [0.1, 0.15) is 22.3 Å². The van der Waals surface area contributed by atoms with E-state index in [1.807, 2.05) is 30.3 Å². The molecule has 2 N–H and O–H groups in total. The third kappa shape index (κ3) is 6.33. The second-order valence-electron chi connectivity index (χ2n) is 7.01. The van der Waals surface area contributed by atoms with Crippen LogP contribution in [-0.4, -0.2) is 42.9 Å². The van der Waals surface area contributed by atoms with Crippen molar-refractivity contribution < 1.29 is 9.59 Å². The molecule has 148 valence electrons. The average molecular weight is 465 g/mol. The molecule has 1 aliphatic heterocycles. The van der Waals surface area contributed by atoms with Crippen molar-refractivity contribution in [2.45, 2.75) is 13.0 Å². The average Bonchev–Trinajstić information content (AvgIpc) is 3.13. The van der Waals surface area contributed by atoms with Crippen LogP contribution in [0.25, 0.3) is 0 Å². The van der Waals surface area contributed by atoms with E-state index in [0.717, 1.165) is 35.6 Å². The fraction of sp³-hybridized carbons (Fsp3) is 0.333. The number of hydrogen-bond donors (Lipinski definition) is 2. The van der Waals surface area contributed by atoms with Crippen LogP contribution in [0.15, 0.2) is 53.0 Å². The number of amides is 2. The van der Waals surface area contributed by atoms with Crippen molar-refractivity contribution in [3.8, 4) is 0 Å². The standard InChI is InChI=1S/C21H23BrClN3O2/c22-18-3-1-2-17(10-18)21(28)25-12-20(27)24-11-16-8-9-26(14-16)13-15-4-6-19(23)7-5-15/h1-7,10,16H,8-9,11-14H2,(H,24,27)(H,25,28). The van der Waals surface area contributed by atoms with Gasteiger partial charge in [0.05, 0.1) is 6.54 Å². The van der Waals surface area contributed by atoms with Crippen LogP contribution >= 0.6 is 27.5 Å². The van der Waals surface area contributed by atoms with Gasteiger partial charge in [-0.05, 0) is 54.8 Å². The van der Waals surface area contributed by atoms with Crippen molar-refractivity contribution in [3.05, 3.63) is 69.2 Å². The first-order valence-electron chi connectivity index (χ1n) is 9.27. The van der Waals surface area contributed by atoms with E-state index in [1.54, 1.807) is 18.2 Å². The minimum absolute atomic E-state index is 0.0213. The highest BCUT2D eigenvalue weighted by Crippen LogP contribution is 2.19. The Kier molecular flexibility index (Phi) is 7.48. The largest absolute Gasteiger partial charge is 0.354 e. The summed E-state index contributed by atoms with van der Waals surface area (Å²) in [6.07, 6.45) is 1.05. The third-order valence-electron chi connectivity index (χ3n) is 4.77. The van der Waals surface area contributed by atoms with E-state index in [4.69, 9.17) is 11.6 Å². The topological polar surface area (TPSA) is 61.4 Å². The van der Waals surface area contributed by atoms with Gasteiger partial charge in [0, 0.05) is 34.7 Å². The van der Waals surface area contributed by atoms with Gasteiger partial charge in [0.1, 0.15) is 0 Å². The Labute approximate surface area is 178 Å². The van der Waals surface area contributed by atoms with Crippen molar-refractivity contribution in [2.24, 2.45) is 5.92 Å². The van der Waals surface area contributed by atoms with Crippen molar-refractivity contribution in [1.82, 2.24) is 15.5 Å². The van der Waals surface area contributed by atoms with Crippen LogP contribution in [-0.2, 0) is 11.3 Å². The van der Waals surface area contributed by atoms with Gasteiger partial charge in [-0.3, -0.25) is 14.5 Å². The molecule has 0 spiro atoms. The summed E-state index contributed by atoms with van der Waals surface area (Å²) >= 11 is 9.26. The van der Waals surface area contributed by atoms with Crippen LogP contribution in [0.5, 0.6) is 0 Å². The van der Waals surface area contributed by atoms with Crippen LogP contribution in [0.2, 0.25) is 5.02 Å². The monoisotopic (exact) mass is 463 g/mol. The molecule has 1 fully saturated rings. The van der Waals surface area contributed by atoms with Gasteiger partial charge in [0.25, 0.3) is 5.91 Å². The maximum atomic E-state index is 12.1. The summed E-state index contributed by atoms with van der Waals surface area (Å²) in [6.45, 7) is 3.47. The first kappa shape index (κ1) is 20.8. The molecule has 1 saturated heterocycles. The van der Waals surface area contributed by atoms with Gasteiger partial charge in [0.15, 0.2) is 0 Å². The van der Waals surface area contributed by atoms with E-state index < -0.39 is 0 Å². The molecular formula is C21H23BrClN3O2. The molecule has 0 radical (unpaired) electrons. The fourth-order valence-electron chi connectivity index (χ4n) is 3.28. The molecule has 1 heterocycles. The first-order chi connectivity index (χ1) is 13.5. The van der Waals surface area contributed by atoms with Crippen molar-refractivity contribution in [3.63, 3.8) is 0 Å². The number of carbonyl (C=O) groups excluding carboxylic acids is 2. The molecule has 0 saturated carbocycles. The Balaban J connectivity index is 1.36. The van der Waals surface area contributed by atoms with Gasteiger partial charge in [-0.15, -0.1) is 0 Å². The Morgan fingerprint density at radius 2 is 1.93 bits per heavy atom. The number of nitrogens with one attached hydrogen (secondary N) is 2. The van der Waals surface area contributed by atoms with E-state index in [2.05, 4.69) is 31.5 Å². The predicted molar refractivity (Wildman–Crippen MR) is 114 cm³/mol. The zero-order chi connectivity index (χ0) is 19.9. The molecule has 1 aliphatic rings. The molecule has 0 aromatic heterocycles. The maximum Gasteiger partial charge on any atom is 0.251 e. The molecular weight excluding hydrogens is 442 g/mol. The Morgan fingerprint density at radius 1 is 1.14 bits per heavy atom. The number of halogens is 2. The molecule has 0 bridgehead atoms. The molecule has 5 nitrogen and oxygen atoms in total. The lowest BCUT2D eigenvalue weighted by Crippen LogP contribution is -2.39. The molecule has 1 unspecified atom stereocenters. The highest BCUT2D eigenvalue weighted by molar-refractivity contribution is 9.10. The number of hydrogen-bond acceptors (Lipinski definition) is 3. The van der Waals surface area contributed by atoms with Gasteiger partial charge >= 0.3 is 0 Å². The second kappa shape index (κ2) is 10.0. The lowest BCUT2D eigenvalue weighted by Gasteiger charge is -2.16. The predicted octanol–water partition coefficient (Wildman–Crippen LogP) is 3.47.